The van der Waals surface area contributed by atoms with E-state index in [0.717, 1.165) is 23.3 Å². The minimum atomic E-state index is 0.881. The van der Waals surface area contributed by atoms with E-state index in [-0.39, 0.29) is 0 Å². The molecular weight excluding hydrogens is 448 g/mol. The maximum absolute atomic E-state index is 5.77. The lowest BCUT2D eigenvalue weighted by Crippen LogP contribution is -1.93. The van der Waals surface area contributed by atoms with Gasteiger partial charge < -0.3 is 4.74 Å². The van der Waals surface area contributed by atoms with Gasteiger partial charge in [0.2, 0.25) is 0 Å². The Morgan fingerprint density at radius 2 is 1.11 bits per heavy atom. The fourth-order valence-corrected chi connectivity index (χ4v) is 5.86. The third-order valence-electron chi connectivity index (χ3n) is 7.57. The number of methoxy groups -OCH3 is 1. The fraction of sp³-hybridized carbons (Fsp3) is 0.0556. The number of rotatable bonds is 4. The molecule has 0 fully saturated rings. The highest BCUT2D eigenvalue weighted by atomic mass is 16.5. The maximum Gasteiger partial charge on any atom is 0.126 e. The number of ether oxygens (including phenoxy) is 1. The molecule has 0 atom stereocenters. The van der Waals surface area contributed by atoms with E-state index in [1.165, 1.54) is 54.9 Å². The Hall–Kier alpha value is -4.62. The Kier molecular flexibility index (Phi) is 5.15. The van der Waals surface area contributed by atoms with Gasteiger partial charge in [0.15, 0.2) is 0 Å². The molecule has 1 aliphatic carbocycles. The van der Waals surface area contributed by atoms with Crippen LogP contribution in [0.5, 0.6) is 5.75 Å². The summed E-state index contributed by atoms with van der Waals surface area (Å²) in [6, 6.07) is 41.7. The summed E-state index contributed by atoms with van der Waals surface area (Å²) < 4.78 is 5.77. The first-order valence-electron chi connectivity index (χ1n) is 12.8. The zero-order chi connectivity index (χ0) is 24.8. The molecule has 0 saturated carbocycles. The van der Waals surface area contributed by atoms with Gasteiger partial charge in [0.05, 0.1) is 7.11 Å². The summed E-state index contributed by atoms with van der Waals surface area (Å²) in [6.45, 7) is 0. The van der Waals surface area contributed by atoms with E-state index in [1.54, 1.807) is 7.11 Å². The molecule has 0 aromatic heterocycles. The van der Waals surface area contributed by atoms with Crippen molar-refractivity contribution in [3.63, 3.8) is 0 Å². The molecule has 0 N–H and O–H groups in total. The van der Waals surface area contributed by atoms with Crippen molar-refractivity contribution in [2.75, 3.05) is 7.11 Å². The predicted octanol–water partition coefficient (Wildman–Crippen LogP) is 9.57. The van der Waals surface area contributed by atoms with Crippen molar-refractivity contribution >= 4 is 27.6 Å². The third-order valence-corrected chi connectivity index (χ3v) is 7.57. The van der Waals surface area contributed by atoms with E-state index < -0.39 is 0 Å². The van der Waals surface area contributed by atoms with Crippen LogP contribution in [0.15, 0.2) is 121 Å². The second-order valence-electron chi connectivity index (χ2n) is 9.64. The largest absolute Gasteiger partial charge is 0.496 e. The smallest absolute Gasteiger partial charge is 0.126 e. The Morgan fingerprint density at radius 3 is 1.73 bits per heavy atom. The molecule has 0 radical (unpaired) electrons. The topological polar surface area (TPSA) is 9.23 Å². The SMILES string of the molecule is COc1ccc(-c2c3ccccc3c(-c3ccc4c(c3)C=CC4)c3ccccc23)cc1-c1ccccc1. The summed E-state index contributed by atoms with van der Waals surface area (Å²) in [5.74, 6) is 0.881. The van der Waals surface area contributed by atoms with Gasteiger partial charge in [-0.3, -0.25) is 0 Å². The van der Waals surface area contributed by atoms with Crippen molar-refractivity contribution in [1.29, 1.82) is 0 Å². The predicted molar refractivity (Wildman–Crippen MR) is 157 cm³/mol. The summed E-state index contributed by atoms with van der Waals surface area (Å²) in [5, 5.41) is 5.07. The molecule has 0 spiro atoms. The summed E-state index contributed by atoms with van der Waals surface area (Å²) in [5.41, 5.74) is 10.0. The van der Waals surface area contributed by atoms with Crippen LogP contribution < -0.4 is 4.74 Å². The molecule has 0 unspecified atom stereocenters. The first-order chi connectivity index (χ1) is 18.3. The quantitative estimate of drug-likeness (QED) is 0.231. The normalized spacial score (nSPS) is 12.2. The average molecular weight is 475 g/mol. The van der Waals surface area contributed by atoms with Crippen molar-refractivity contribution in [3.8, 4) is 39.1 Å². The molecule has 1 aliphatic rings. The molecule has 1 nitrogen and oxygen atoms in total. The van der Waals surface area contributed by atoms with E-state index in [0.29, 0.717) is 0 Å². The number of benzene rings is 6. The average Bonchev–Trinajstić information content (AvgIpc) is 3.44. The molecule has 176 valence electrons. The number of allylic oxidation sites excluding steroid dienone is 1. The van der Waals surface area contributed by atoms with E-state index in [4.69, 9.17) is 4.74 Å². The van der Waals surface area contributed by atoms with Crippen molar-refractivity contribution in [2.45, 2.75) is 6.42 Å². The molecule has 7 rings (SSSR count). The van der Waals surface area contributed by atoms with Gasteiger partial charge in [-0.25, -0.2) is 0 Å². The van der Waals surface area contributed by atoms with E-state index in [2.05, 4.69) is 121 Å². The van der Waals surface area contributed by atoms with Crippen LogP contribution in [0.3, 0.4) is 0 Å². The van der Waals surface area contributed by atoms with Crippen LogP contribution in [0, 0.1) is 0 Å². The van der Waals surface area contributed by atoms with Gasteiger partial charge in [0.25, 0.3) is 0 Å². The summed E-state index contributed by atoms with van der Waals surface area (Å²) >= 11 is 0. The standard InChI is InChI=1S/C36H26O/c1-37-34-21-20-28(23-33(34)25-10-3-2-4-11-25)36-31-16-7-5-14-29(31)35(30-15-6-8-17-32(30)36)27-19-18-24-12-9-13-26(24)22-27/h2-11,13-23H,12H2,1H3. The molecule has 0 heterocycles. The Bertz CT molecular complexity index is 1770. The Morgan fingerprint density at radius 1 is 0.541 bits per heavy atom. The second-order valence-corrected chi connectivity index (χ2v) is 9.64. The van der Waals surface area contributed by atoms with Gasteiger partial charge in [-0.05, 0) is 85.1 Å². The van der Waals surface area contributed by atoms with Crippen molar-refractivity contribution in [1.82, 2.24) is 0 Å². The third kappa shape index (κ3) is 3.55. The van der Waals surface area contributed by atoms with Gasteiger partial charge in [-0.15, -0.1) is 0 Å². The summed E-state index contributed by atoms with van der Waals surface area (Å²) in [4.78, 5) is 0. The fourth-order valence-electron chi connectivity index (χ4n) is 5.86. The number of fused-ring (bicyclic) bond motifs is 3. The minimum Gasteiger partial charge on any atom is -0.496 e. The van der Waals surface area contributed by atoms with Gasteiger partial charge in [-0.1, -0.05) is 109 Å². The highest BCUT2D eigenvalue weighted by Crippen LogP contribution is 2.45. The van der Waals surface area contributed by atoms with Gasteiger partial charge in [0, 0.05) is 5.56 Å². The van der Waals surface area contributed by atoms with Crippen molar-refractivity contribution < 1.29 is 4.74 Å². The van der Waals surface area contributed by atoms with E-state index >= 15 is 0 Å². The monoisotopic (exact) mass is 474 g/mol. The van der Waals surface area contributed by atoms with E-state index in [1.807, 2.05) is 6.07 Å². The van der Waals surface area contributed by atoms with Crippen LogP contribution in [-0.2, 0) is 6.42 Å². The van der Waals surface area contributed by atoms with Crippen LogP contribution >= 0.6 is 0 Å². The molecule has 0 saturated heterocycles. The molecule has 0 bridgehead atoms. The molecule has 37 heavy (non-hydrogen) atoms. The number of hydrogen-bond acceptors (Lipinski definition) is 1. The number of hydrogen-bond donors (Lipinski definition) is 0. The lowest BCUT2D eigenvalue weighted by atomic mass is 9.85. The highest BCUT2D eigenvalue weighted by molar-refractivity contribution is 6.21. The minimum absolute atomic E-state index is 0.881. The van der Waals surface area contributed by atoms with Gasteiger partial charge in [-0.2, -0.15) is 0 Å². The second kappa shape index (κ2) is 8.80. The molecule has 0 aliphatic heterocycles. The van der Waals surface area contributed by atoms with Gasteiger partial charge >= 0.3 is 0 Å². The maximum atomic E-state index is 5.77. The first kappa shape index (κ1) is 21.6. The summed E-state index contributed by atoms with van der Waals surface area (Å²) in [7, 11) is 1.74. The van der Waals surface area contributed by atoms with Gasteiger partial charge in [0.1, 0.15) is 5.75 Å². The Balaban J connectivity index is 1.55. The summed E-state index contributed by atoms with van der Waals surface area (Å²) in [6.07, 6.45) is 5.53. The Labute approximate surface area is 217 Å². The van der Waals surface area contributed by atoms with E-state index in [9.17, 15) is 0 Å². The lowest BCUT2D eigenvalue weighted by Gasteiger charge is -2.19. The first-order valence-corrected chi connectivity index (χ1v) is 12.8. The van der Waals surface area contributed by atoms with Crippen molar-refractivity contribution in [2.24, 2.45) is 0 Å². The van der Waals surface area contributed by atoms with Crippen LogP contribution in [0.4, 0.5) is 0 Å². The van der Waals surface area contributed by atoms with Crippen LogP contribution in [-0.4, -0.2) is 7.11 Å². The molecular formula is C36H26O. The zero-order valence-corrected chi connectivity index (χ0v) is 20.7. The molecule has 6 aromatic carbocycles. The van der Waals surface area contributed by atoms with Crippen LogP contribution in [0.1, 0.15) is 11.1 Å². The highest BCUT2D eigenvalue weighted by Gasteiger charge is 2.18. The van der Waals surface area contributed by atoms with Crippen molar-refractivity contribution in [3.05, 3.63) is 132 Å². The molecule has 6 aromatic rings. The van der Waals surface area contributed by atoms with Crippen LogP contribution in [0.2, 0.25) is 0 Å². The van der Waals surface area contributed by atoms with Crippen LogP contribution in [0.25, 0.3) is 61.0 Å². The molecule has 0 amide bonds. The molecule has 1 heteroatoms. The zero-order valence-electron chi connectivity index (χ0n) is 20.7. The lowest BCUT2D eigenvalue weighted by molar-refractivity contribution is 0.416.